The minimum absolute atomic E-state index is 0.228. The fourth-order valence-electron chi connectivity index (χ4n) is 2.35. The lowest BCUT2D eigenvalue weighted by Gasteiger charge is -2.38. The van der Waals surface area contributed by atoms with Crippen molar-refractivity contribution in [2.24, 2.45) is 0 Å². The molecule has 0 bridgehead atoms. The number of hydrogen-bond acceptors (Lipinski definition) is 3. The molecule has 1 aromatic heterocycles. The number of nitrogens with zero attached hydrogens (tertiary/aromatic N) is 2. The van der Waals surface area contributed by atoms with Crippen LogP contribution in [0, 0.1) is 0 Å². The quantitative estimate of drug-likeness (QED) is 0.860. The van der Waals surface area contributed by atoms with E-state index in [4.69, 9.17) is 0 Å². The molecule has 0 aromatic carbocycles. The summed E-state index contributed by atoms with van der Waals surface area (Å²) < 4.78 is 1.62. The Morgan fingerprint density at radius 3 is 2.55 bits per heavy atom. The highest BCUT2D eigenvalue weighted by Crippen LogP contribution is 2.32. The second-order valence-corrected chi connectivity index (χ2v) is 5.62. The molecule has 1 heterocycles. The van der Waals surface area contributed by atoms with Gasteiger partial charge in [-0.3, -0.25) is 9.48 Å². The first-order valence-electron chi connectivity index (χ1n) is 7.03. The van der Waals surface area contributed by atoms with E-state index in [1.54, 1.807) is 10.7 Å². The van der Waals surface area contributed by atoms with Crippen molar-refractivity contribution >= 4 is 11.9 Å². The summed E-state index contributed by atoms with van der Waals surface area (Å²) in [5.74, 6) is -1.08. The summed E-state index contributed by atoms with van der Waals surface area (Å²) >= 11 is 0. The van der Waals surface area contributed by atoms with E-state index < -0.39 is 11.5 Å². The first-order chi connectivity index (χ1) is 9.39. The van der Waals surface area contributed by atoms with Crippen molar-refractivity contribution in [2.45, 2.75) is 58.0 Å². The van der Waals surface area contributed by atoms with Crippen LogP contribution >= 0.6 is 0 Å². The van der Waals surface area contributed by atoms with E-state index in [0.29, 0.717) is 25.1 Å². The lowest BCUT2D eigenvalue weighted by Crippen LogP contribution is -2.59. The number of carbonyl (C=O) groups excluding carboxylic acids is 1. The molecule has 1 amide bonds. The van der Waals surface area contributed by atoms with E-state index in [2.05, 4.69) is 10.4 Å². The van der Waals surface area contributed by atoms with Gasteiger partial charge in [0.05, 0.1) is 5.69 Å². The van der Waals surface area contributed by atoms with Gasteiger partial charge in [-0.05, 0) is 38.2 Å². The van der Waals surface area contributed by atoms with E-state index in [1.165, 1.54) is 0 Å². The van der Waals surface area contributed by atoms with E-state index >= 15 is 0 Å². The molecule has 20 heavy (non-hydrogen) atoms. The maximum absolute atomic E-state index is 12.3. The molecule has 6 heteroatoms. The van der Waals surface area contributed by atoms with Crippen LogP contribution in [0.5, 0.6) is 0 Å². The van der Waals surface area contributed by atoms with Crippen LogP contribution < -0.4 is 5.32 Å². The van der Waals surface area contributed by atoms with Crippen LogP contribution in [0.15, 0.2) is 6.07 Å². The molecular formula is C14H21N3O3. The molecule has 6 nitrogen and oxygen atoms in total. The highest BCUT2D eigenvalue weighted by molar-refractivity contribution is 5.97. The summed E-state index contributed by atoms with van der Waals surface area (Å²) in [6.45, 7) is 6.50. The SMILES string of the molecule is CCn1nc(C(C)C)cc1C(=O)NC1(C(=O)O)CCC1. The number of aryl methyl sites for hydroxylation is 1. The van der Waals surface area contributed by atoms with Crippen LogP contribution in [0.3, 0.4) is 0 Å². The Kier molecular flexibility index (Phi) is 3.83. The van der Waals surface area contributed by atoms with Gasteiger partial charge in [0.1, 0.15) is 11.2 Å². The van der Waals surface area contributed by atoms with Crippen molar-refractivity contribution in [2.75, 3.05) is 0 Å². The third-order valence-corrected chi connectivity index (χ3v) is 3.89. The topological polar surface area (TPSA) is 84.2 Å². The highest BCUT2D eigenvalue weighted by Gasteiger charge is 2.46. The van der Waals surface area contributed by atoms with Gasteiger partial charge in [0, 0.05) is 6.54 Å². The van der Waals surface area contributed by atoms with Gasteiger partial charge in [0.25, 0.3) is 5.91 Å². The number of aliphatic carboxylic acids is 1. The molecule has 0 aliphatic heterocycles. The van der Waals surface area contributed by atoms with Gasteiger partial charge in [-0.15, -0.1) is 0 Å². The van der Waals surface area contributed by atoms with Crippen LogP contribution in [-0.2, 0) is 11.3 Å². The van der Waals surface area contributed by atoms with Crippen molar-refractivity contribution in [1.29, 1.82) is 0 Å². The summed E-state index contributed by atoms with van der Waals surface area (Å²) in [4.78, 5) is 23.6. The molecule has 1 aliphatic carbocycles. The Balaban J connectivity index is 2.22. The van der Waals surface area contributed by atoms with E-state index in [1.807, 2.05) is 20.8 Å². The van der Waals surface area contributed by atoms with E-state index in [-0.39, 0.29) is 11.8 Å². The zero-order valence-electron chi connectivity index (χ0n) is 12.1. The minimum Gasteiger partial charge on any atom is -0.480 e. The summed E-state index contributed by atoms with van der Waals surface area (Å²) in [6, 6.07) is 1.75. The lowest BCUT2D eigenvalue weighted by molar-refractivity contribution is -0.148. The Labute approximate surface area is 118 Å². The van der Waals surface area contributed by atoms with Crippen molar-refractivity contribution in [1.82, 2.24) is 15.1 Å². The standard InChI is InChI=1S/C14H21N3O3/c1-4-17-11(8-10(16-17)9(2)3)12(18)15-14(13(19)20)6-5-7-14/h8-9H,4-7H2,1-3H3,(H,15,18)(H,19,20). The third-order valence-electron chi connectivity index (χ3n) is 3.89. The van der Waals surface area contributed by atoms with Crippen molar-refractivity contribution in [3.63, 3.8) is 0 Å². The predicted octanol–water partition coefficient (Wildman–Crippen LogP) is 1.76. The fourth-order valence-corrected chi connectivity index (χ4v) is 2.35. The van der Waals surface area contributed by atoms with Gasteiger partial charge >= 0.3 is 5.97 Å². The van der Waals surface area contributed by atoms with Crippen LogP contribution in [0.25, 0.3) is 0 Å². The first-order valence-corrected chi connectivity index (χ1v) is 7.03. The zero-order chi connectivity index (χ0) is 14.9. The molecule has 1 aromatic rings. The molecule has 2 N–H and O–H groups in total. The van der Waals surface area contributed by atoms with Gasteiger partial charge in [0.2, 0.25) is 0 Å². The zero-order valence-corrected chi connectivity index (χ0v) is 12.1. The van der Waals surface area contributed by atoms with Gasteiger partial charge in [0.15, 0.2) is 0 Å². The number of aromatic nitrogens is 2. The third kappa shape index (κ3) is 2.42. The normalized spacial score (nSPS) is 16.8. The Hall–Kier alpha value is -1.85. The monoisotopic (exact) mass is 279 g/mol. The Morgan fingerprint density at radius 2 is 2.15 bits per heavy atom. The molecule has 0 radical (unpaired) electrons. The van der Waals surface area contributed by atoms with Crippen molar-refractivity contribution in [3.05, 3.63) is 17.5 Å². The van der Waals surface area contributed by atoms with Gasteiger partial charge in [-0.1, -0.05) is 13.8 Å². The molecule has 110 valence electrons. The van der Waals surface area contributed by atoms with Crippen molar-refractivity contribution in [3.8, 4) is 0 Å². The Bertz CT molecular complexity index is 530. The largest absolute Gasteiger partial charge is 0.480 e. The molecular weight excluding hydrogens is 258 g/mol. The minimum atomic E-state index is -1.09. The average Bonchev–Trinajstić information content (AvgIpc) is 2.77. The maximum Gasteiger partial charge on any atom is 0.329 e. The predicted molar refractivity (Wildman–Crippen MR) is 73.7 cm³/mol. The summed E-state index contributed by atoms with van der Waals surface area (Å²) in [7, 11) is 0. The number of rotatable bonds is 5. The van der Waals surface area contributed by atoms with E-state index in [9.17, 15) is 14.7 Å². The lowest BCUT2D eigenvalue weighted by atomic mass is 9.76. The molecule has 1 fully saturated rings. The second-order valence-electron chi connectivity index (χ2n) is 5.62. The molecule has 0 spiro atoms. The number of amides is 1. The molecule has 1 aliphatic rings. The summed E-state index contributed by atoms with van der Waals surface area (Å²) in [5.41, 5.74) is 0.191. The second kappa shape index (κ2) is 5.26. The van der Waals surface area contributed by atoms with Gasteiger partial charge in [-0.2, -0.15) is 5.10 Å². The highest BCUT2D eigenvalue weighted by atomic mass is 16.4. The smallest absolute Gasteiger partial charge is 0.329 e. The first kappa shape index (κ1) is 14.6. The molecule has 0 atom stereocenters. The maximum atomic E-state index is 12.3. The number of carbonyl (C=O) groups is 2. The van der Waals surface area contributed by atoms with Gasteiger partial charge in [-0.25, -0.2) is 4.79 Å². The molecule has 0 unspecified atom stereocenters. The number of carboxylic acid groups (broad SMARTS) is 1. The number of carboxylic acids is 1. The fraction of sp³-hybridized carbons (Fsp3) is 0.643. The summed E-state index contributed by atoms with van der Waals surface area (Å²) in [5, 5.41) is 16.3. The number of nitrogens with one attached hydrogen (secondary N) is 1. The van der Waals surface area contributed by atoms with Crippen LogP contribution in [0.4, 0.5) is 0 Å². The molecule has 1 saturated carbocycles. The van der Waals surface area contributed by atoms with Crippen LogP contribution in [0.1, 0.15) is 62.1 Å². The van der Waals surface area contributed by atoms with Gasteiger partial charge < -0.3 is 10.4 Å². The Morgan fingerprint density at radius 1 is 1.50 bits per heavy atom. The molecule has 0 saturated heterocycles. The van der Waals surface area contributed by atoms with Crippen molar-refractivity contribution < 1.29 is 14.7 Å². The van der Waals surface area contributed by atoms with Crippen LogP contribution in [0.2, 0.25) is 0 Å². The van der Waals surface area contributed by atoms with E-state index in [0.717, 1.165) is 12.1 Å². The summed E-state index contributed by atoms with van der Waals surface area (Å²) in [6.07, 6.45) is 1.81. The van der Waals surface area contributed by atoms with Crippen LogP contribution in [-0.4, -0.2) is 32.3 Å². The molecule has 2 rings (SSSR count). The average molecular weight is 279 g/mol. The number of hydrogen-bond donors (Lipinski definition) is 2.